The maximum Gasteiger partial charge on any atom is 0.264 e. The number of rotatable bonds is 8. The maximum atomic E-state index is 13.4. The number of carbonyl (C=O) groups is 1. The summed E-state index contributed by atoms with van der Waals surface area (Å²) in [5.74, 6) is -0.356. The highest BCUT2D eigenvalue weighted by atomic mass is 127. The Morgan fingerprint density at radius 1 is 0.968 bits per heavy atom. The minimum absolute atomic E-state index is 0.145. The van der Waals surface area contributed by atoms with Gasteiger partial charge in [-0.25, -0.2) is 8.42 Å². The fourth-order valence-corrected chi connectivity index (χ4v) is 5.03. The van der Waals surface area contributed by atoms with Crippen molar-refractivity contribution in [1.82, 2.24) is 5.32 Å². The molecule has 31 heavy (non-hydrogen) atoms. The van der Waals surface area contributed by atoms with E-state index >= 15 is 0 Å². The van der Waals surface area contributed by atoms with Crippen LogP contribution in [0.25, 0.3) is 0 Å². The lowest BCUT2D eigenvalue weighted by Crippen LogP contribution is -2.42. The van der Waals surface area contributed by atoms with Gasteiger partial charge in [0.1, 0.15) is 6.54 Å². The van der Waals surface area contributed by atoms with Crippen molar-refractivity contribution >= 4 is 44.2 Å². The zero-order valence-corrected chi connectivity index (χ0v) is 20.4. The molecule has 1 N–H and O–H groups in total. The van der Waals surface area contributed by atoms with Crippen molar-refractivity contribution in [2.45, 2.75) is 31.2 Å². The van der Waals surface area contributed by atoms with Gasteiger partial charge in [-0.15, -0.1) is 0 Å². The number of hydrogen-bond acceptors (Lipinski definition) is 3. The van der Waals surface area contributed by atoms with E-state index in [9.17, 15) is 13.2 Å². The molecule has 0 radical (unpaired) electrons. The molecular formula is C24H25IN2O3S. The van der Waals surface area contributed by atoms with E-state index < -0.39 is 10.0 Å². The summed E-state index contributed by atoms with van der Waals surface area (Å²) in [6, 6.07) is 23.0. The largest absolute Gasteiger partial charge is 0.348 e. The first kappa shape index (κ1) is 23.3. The van der Waals surface area contributed by atoms with Crippen LogP contribution in [0.3, 0.4) is 0 Å². The number of anilines is 1. The molecule has 162 valence electrons. The van der Waals surface area contributed by atoms with Gasteiger partial charge in [0.2, 0.25) is 5.91 Å². The van der Waals surface area contributed by atoms with E-state index in [4.69, 9.17) is 0 Å². The number of nitrogens with zero attached hydrogens (tertiary/aromatic N) is 1. The van der Waals surface area contributed by atoms with E-state index in [0.29, 0.717) is 12.1 Å². The molecule has 0 aromatic heterocycles. The third kappa shape index (κ3) is 5.86. The van der Waals surface area contributed by atoms with Crippen molar-refractivity contribution in [2.24, 2.45) is 0 Å². The summed E-state index contributed by atoms with van der Waals surface area (Å²) in [6.07, 6.45) is 0.698. The van der Waals surface area contributed by atoms with Gasteiger partial charge in [-0.2, -0.15) is 0 Å². The number of benzene rings is 3. The van der Waals surface area contributed by atoms with Crippen LogP contribution >= 0.6 is 22.6 Å². The van der Waals surface area contributed by atoms with Crippen molar-refractivity contribution in [3.8, 4) is 0 Å². The maximum absolute atomic E-state index is 13.4. The van der Waals surface area contributed by atoms with Crippen LogP contribution in [0.1, 0.15) is 30.5 Å². The van der Waals surface area contributed by atoms with Crippen molar-refractivity contribution in [3.63, 3.8) is 0 Å². The van der Waals surface area contributed by atoms with Crippen molar-refractivity contribution in [1.29, 1.82) is 0 Å². The molecule has 0 aliphatic rings. The molecule has 1 atom stereocenters. The highest BCUT2D eigenvalue weighted by Crippen LogP contribution is 2.25. The number of carbonyl (C=O) groups excluding carboxylic acids is 1. The number of aryl methyl sites for hydroxylation is 1. The van der Waals surface area contributed by atoms with E-state index in [0.717, 1.165) is 19.0 Å². The topological polar surface area (TPSA) is 66.5 Å². The Morgan fingerprint density at radius 2 is 1.58 bits per heavy atom. The summed E-state index contributed by atoms with van der Waals surface area (Å²) in [5, 5.41) is 2.99. The van der Waals surface area contributed by atoms with Crippen LogP contribution in [-0.2, 0) is 14.8 Å². The standard InChI is InChI=1S/C24H25IN2O3S/c1-3-23(19-11-9-18(2)10-12-19)26-24(28)17-27(21-15-13-20(25)14-16-21)31(29,30)22-7-5-4-6-8-22/h4-16,23H,3,17H2,1-2H3,(H,26,28)/t23-/m0/s1. The van der Waals surface area contributed by atoms with Gasteiger partial charge in [0.15, 0.2) is 0 Å². The van der Waals surface area contributed by atoms with Gasteiger partial charge in [-0.1, -0.05) is 55.0 Å². The van der Waals surface area contributed by atoms with Gasteiger partial charge in [-0.05, 0) is 77.9 Å². The highest BCUT2D eigenvalue weighted by Gasteiger charge is 2.27. The van der Waals surface area contributed by atoms with Gasteiger partial charge in [0, 0.05) is 3.57 Å². The minimum Gasteiger partial charge on any atom is -0.348 e. The summed E-state index contributed by atoms with van der Waals surface area (Å²) >= 11 is 2.16. The van der Waals surface area contributed by atoms with Crippen molar-refractivity contribution < 1.29 is 13.2 Å². The van der Waals surface area contributed by atoms with Crippen LogP contribution < -0.4 is 9.62 Å². The van der Waals surface area contributed by atoms with Crippen LogP contribution in [0.15, 0.2) is 83.8 Å². The molecule has 0 heterocycles. The normalized spacial score (nSPS) is 12.2. The Balaban J connectivity index is 1.88. The fraction of sp³-hybridized carbons (Fsp3) is 0.208. The Hall–Kier alpha value is -2.39. The van der Waals surface area contributed by atoms with Crippen LogP contribution in [-0.4, -0.2) is 20.9 Å². The van der Waals surface area contributed by atoms with Gasteiger partial charge >= 0.3 is 0 Å². The predicted octanol–water partition coefficient (Wildman–Crippen LogP) is 5.06. The van der Waals surface area contributed by atoms with E-state index in [-0.39, 0.29) is 23.4 Å². The molecule has 0 aliphatic carbocycles. The second-order valence-electron chi connectivity index (χ2n) is 7.24. The zero-order valence-electron chi connectivity index (χ0n) is 17.5. The lowest BCUT2D eigenvalue weighted by Gasteiger charge is -2.26. The molecule has 3 rings (SSSR count). The number of nitrogens with one attached hydrogen (secondary N) is 1. The fourth-order valence-electron chi connectivity index (χ4n) is 3.23. The summed E-state index contributed by atoms with van der Waals surface area (Å²) in [4.78, 5) is 13.1. The average molecular weight is 548 g/mol. The minimum atomic E-state index is -3.90. The van der Waals surface area contributed by atoms with Crippen molar-refractivity contribution in [3.05, 3.63) is 93.6 Å². The Labute approximate surface area is 197 Å². The summed E-state index contributed by atoms with van der Waals surface area (Å²) in [7, 11) is -3.90. The molecule has 0 unspecified atom stereocenters. The van der Waals surface area contributed by atoms with Crippen LogP contribution in [0.5, 0.6) is 0 Å². The molecule has 0 saturated heterocycles. The molecule has 3 aromatic carbocycles. The van der Waals surface area contributed by atoms with Gasteiger partial charge in [0.25, 0.3) is 10.0 Å². The van der Waals surface area contributed by atoms with Crippen molar-refractivity contribution in [2.75, 3.05) is 10.8 Å². The lowest BCUT2D eigenvalue weighted by molar-refractivity contribution is -0.120. The summed E-state index contributed by atoms with van der Waals surface area (Å²) < 4.78 is 28.9. The molecular weight excluding hydrogens is 523 g/mol. The first-order valence-corrected chi connectivity index (χ1v) is 12.5. The second-order valence-corrected chi connectivity index (χ2v) is 10.3. The van der Waals surface area contributed by atoms with Gasteiger partial charge in [-0.3, -0.25) is 9.10 Å². The number of sulfonamides is 1. The predicted molar refractivity (Wildman–Crippen MR) is 132 cm³/mol. The van der Waals surface area contributed by atoms with E-state index in [2.05, 4.69) is 27.9 Å². The van der Waals surface area contributed by atoms with E-state index in [1.807, 2.05) is 50.2 Å². The highest BCUT2D eigenvalue weighted by molar-refractivity contribution is 14.1. The third-order valence-corrected chi connectivity index (χ3v) is 7.46. The Bertz CT molecular complexity index is 1120. The average Bonchev–Trinajstić information content (AvgIpc) is 2.78. The SMILES string of the molecule is CC[C@H](NC(=O)CN(c1ccc(I)cc1)S(=O)(=O)c1ccccc1)c1ccc(C)cc1. The molecule has 0 spiro atoms. The number of hydrogen-bond donors (Lipinski definition) is 1. The first-order chi connectivity index (χ1) is 14.8. The number of halogens is 1. The van der Waals surface area contributed by atoms with E-state index in [1.54, 1.807) is 30.3 Å². The quantitative estimate of drug-likeness (QED) is 0.401. The molecule has 0 bridgehead atoms. The van der Waals surface area contributed by atoms with E-state index in [1.165, 1.54) is 12.1 Å². The molecule has 7 heteroatoms. The molecule has 3 aromatic rings. The Morgan fingerprint density at radius 3 is 2.16 bits per heavy atom. The zero-order chi connectivity index (χ0) is 22.4. The number of amides is 1. The molecule has 1 amide bonds. The third-order valence-electron chi connectivity index (χ3n) is 4.96. The smallest absolute Gasteiger partial charge is 0.264 e. The monoisotopic (exact) mass is 548 g/mol. The Kier molecular flexibility index (Phi) is 7.72. The molecule has 5 nitrogen and oxygen atoms in total. The molecule has 0 aliphatic heterocycles. The van der Waals surface area contributed by atoms with Crippen LogP contribution in [0, 0.1) is 10.5 Å². The summed E-state index contributed by atoms with van der Waals surface area (Å²) in [6.45, 7) is 3.69. The second kappa shape index (κ2) is 10.3. The lowest BCUT2D eigenvalue weighted by atomic mass is 10.0. The molecule has 0 saturated carbocycles. The van der Waals surface area contributed by atoms with Crippen LogP contribution in [0.4, 0.5) is 5.69 Å². The summed E-state index contributed by atoms with van der Waals surface area (Å²) in [5.41, 5.74) is 2.58. The first-order valence-electron chi connectivity index (χ1n) is 10.0. The van der Waals surface area contributed by atoms with Crippen LogP contribution in [0.2, 0.25) is 0 Å². The molecule has 0 fully saturated rings. The van der Waals surface area contributed by atoms with Gasteiger partial charge < -0.3 is 5.32 Å². The van der Waals surface area contributed by atoms with Gasteiger partial charge in [0.05, 0.1) is 16.6 Å².